The van der Waals surface area contributed by atoms with Crippen LogP contribution in [0.15, 0.2) is 16.9 Å². The van der Waals surface area contributed by atoms with Gasteiger partial charge >= 0.3 is 0 Å². The summed E-state index contributed by atoms with van der Waals surface area (Å²) in [6.45, 7) is 0. The number of nitrogens with zero attached hydrogens (tertiary/aromatic N) is 1. The van der Waals surface area contributed by atoms with Crippen LogP contribution in [0, 0.1) is 0 Å². The SMILES string of the molecule is FC(F)c1cnc(Br)c(Cl)c1. The Bertz CT molecular complexity index is 267. The van der Waals surface area contributed by atoms with Crippen molar-refractivity contribution in [1.82, 2.24) is 4.98 Å². The van der Waals surface area contributed by atoms with Crippen LogP contribution in [0.3, 0.4) is 0 Å². The molecular formula is C6H3BrClF2N. The molecule has 0 aromatic carbocycles. The van der Waals surface area contributed by atoms with Crippen LogP contribution in [0.5, 0.6) is 0 Å². The Morgan fingerprint density at radius 3 is 2.64 bits per heavy atom. The highest BCUT2D eigenvalue weighted by atomic mass is 79.9. The third kappa shape index (κ3) is 2.10. The fourth-order valence-electron chi connectivity index (χ4n) is 0.555. The minimum atomic E-state index is -2.52. The van der Waals surface area contributed by atoms with Gasteiger partial charge in [0.15, 0.2) is 0 Å². The Labute approximate surface area is 75.5 Å². The number of rotatable bonds is 1. The first-order valence-corrected chi connectivity index (χ1v) is 3.87. The van der Waals surface area contributed by atoms with Crippen LogP contribution in [0.4, 0.5) is 8.78 Å². The molecule has 0 spiro atoms. The molecule has 0 N–H and O–H groups in total. The zero-order chi connectivity index (χ0) is 8.43. The molecule has 5 heteroatoms. The molecule has 0 atom stereocenters. The molecule has 1 aromatic heterocycles. The molecule has 0 saturated carbocycles. The van der Waals surface area contributed by atoms with E-state index in [-0.39, 0.29) is 10.6 Å². The topological polar surface area (TPSA) is 12.9 Å². The average molecular weight is 242 g/mol. The molecule has 0 bridgehead atoms. The maximum Gasteiger partial charge on any atom is 0.265 e. The highest BCUT2D eigenvalue weighted by Gasteiger charge is 2.08. The highest BCUT2D eigenvalue weighted by molar-refractivity contribution is 9.10. The number of aromatic nitrogens is 1. The molecular weight excluding hydrogens is 239 g/mol. The molecule has 60 valence electrons. The average Bonchev–Trinajstić information content (AvgIpc) is 1.94. The first-order valence-electron chi connectivity index (χ1n) is 2.70. The van der Waals surface area contributed by atoms with Gasteiger partial charge in [-0.1, -0.05) is 11.6 Å². The van der Waals surface area contributed by atoms with E-state index >= 15 is 0 Å². The number of halogens is 4. The maximum atomic E-state index is 12.0. The van der Waals surface area contributed by atoms with Crippen molar-refractivity contribution in [3.05, 3.63) is 27.5 Å². The van der Waals surface area contributed by atoms with Gasteiger partial charge in [-0.15, -0.1) is 0 Å². The van der Waals surface area contributed by atoms with Crippen molar-refractivity contribution in [2.75, 3.05) is 0 Å². The minimum Gasteiger partial charge on any atom is -0.247 e. The number of hydrogen-bond donors (Lipinski definition) is 0. The van der Waals surface area contributed by atoms with Crippen LogP contribution in [0.25, 0.3) is 0 Å². The maximum absolute atomic E-state index is 12.0. The standard InChI is InChI=1S/C6H3BrClF2N/c7-5-4(8)1-3(2-11-5)6(9)10/h1-2,6H. The molecule has 1 nitrogen and oxygen atoms in total. The summed E-state index contributed by atoms with van der Waals surface area (Å²) in [4.78, 5) is 3.60. The fourth-order valence-corrected chi connectivity index (χ4v) is 0.947. The second-order valence-electron chi connectivity index (χ2n) is 1.84. The Morgan fingerprint density at radius 2 is 2.18 bits per heavy atom. The van der Waals surface area contributed by atoms with Crippen LogP contribution in [-0.4, -0.2) is 4.98 Å². The first kappa shape index (κ1) is 8.87. The Kier molecular flexibility index (Phi) is 2.78. The van der Waals surface area contributed by atoms with Gasteiger partial charge in [0.05, 0.1) is 5.02 Å². The molecule has 0 radical (unpaired) electrons. The number of hydrogen-bond acceptors (Lipinski definition) is 1. The molecule has 11 heavy (non-hydrogen) atoms. The third-order valence-corrected chi connectivity index (χ3v) is 2.22. The molecule has 0 fully saturated rings. The zero-order valence-corrected chi connectivity index (χ0v) is 7.53. The molecule has 0 aliphatic carbocycles. The first-order chi connectivity index (χ1) is 5.11. The molecule has 0 aliphatic heterocycles. The van der Waals surface area contributed by atoms with Gasteiger partial charge in [-0.3, -0.25) is 0 Å². The van der Waals surface area contributed by atoms with Crippen molar-refractivity contribution < 1.29 is 8.78 Å². The van der Waals surface area contributed by atoms with E-state index in [1.807, 2.05) is 0 Å². The Morgan fingerprint density at radius 1 is 1.55 bits per heavy atom. The van der Waals surface area contributed by atoms with E-state index in [4.69, 9.17) is 11.6 Å². The lowest BCUT2D eigenvalue weighted by Crippen LogP contribution is -1.86. The summed E-state index contributed by atoms with van der Waals surface area (Å²) in [6, 6.07) is 1.18. The van der Waals surface area contributed by atoms with Crippen molar-refractivity contribution in [2.24, 2.45) is 0 Å². The lowest BCUT2D eigenvalue weighted by molar-refractivity contribution is 0.151. The fraction of sp³-hybridized carbons (Fsp3) is 0.167. The quantitative estimate of drug-likeness (QED) is 0.688. The predicted molar refractivity (Wildman–Crippen MR) is 41.9 cm³/mol. The van der Waals surface area contributed by atoms with Gasteiger partial charge in [0.1, 0.15) is 4.60 Å². The Hall–Kier alpha value is -0.220. The van der Waals surface area contributed by atoms with Gasteiger partial charge in [0.25, 0.3) is 6.43 Å². The van der Waals surface area contributed by atoms with E-state index in [2.05, 4.69) is 20.9 Å². The summed E-state index contributed by atoms with van der Waals surface area (Å²) in [5, 5.41) is 0.197. The van der Waals surface area contributed by atoms with E-state index in [0.29, 0.717) is 4.60 Å². The molecule has 0 saturated heterocycles. The lowest BCUT2D eigenvalue weighted by atomic mass is 10.3. The largest absolute Gasteiger partial charge is 0.265 e. The molecule has 0 aliphatic rings. The monoisotopic (exact) mass is 241 g/mol. The van der Waals surface area contributed by atoms with E-state index in [1.54, 1.807) is 0 Å². The lowest BCUT2D eigenvalue weighted by Gasteiger charge is -1.99. The normalized spacial score (nSPS) is 10.6. The van der Waals surface area contributed by atoms with Crippen LogP contribution >= 0.6 is 27.5 Å². The van der Waals surface area contributed by atoms with E-state index in [9.17, 15) is 8.78 Å². The van der Waals surface area contributed by atoms with Crippen LogP contribution in [-0.2, 0) is 0 Å². The van der Waals surface area contributed by atoms with Gasteiger partial charge in [0, 0.05) is 11.8 Å². The highest BCUT2D eigenvalue weighted by Crippen LogP contribution is 2.25. The van der Waals surface area contributed by atoms with Crippen molar-refractivity contribution in [3.63, 3.8) is 0 Å². The van der Waals surface area contributed by atoms with Crippen molar-refractivity contribution in [3.8, 4) is 0 Å². The Balaban J connectivity index is 3.05. The van der Waals surface area contributed by atoms with Crippen molar-refractivity contribution in [2.45, 2.75) is 6.43 Å². The van der Waals surface area contributed by atoms with E-state index in [1.165, 1.54) is 6.07 Å². The van der Waals surface area contributed by atoms with E-state index < -0.39 is 6.43 Å². The zero-order valence-electron chi connectivity index (χ0n) is 5.19. The second kappa shape index (κ2) is 3.45. The molecule has 0 unspecified atom stereocenters. The van der Waals surface area contributed by atoms with Crippen molar-refractivity contribution >= 4 is 27.5 Å². The van der Waals surface area contributed by atoms with Crippen LogP contribution < -0.4 is 0 Å². The summed E-state index contributed by atoms with van der Waals surface area (Å²) < 4.78 is 24.3. The summed E-state index contributed by atoms with van der Waals surface area (Å²) in [6.07, 6.45) is -1.44. The predicted octanol–water partition coefficient (Wildman–Crippen LogP) is 3.44. The van der Waals surface area contributed by atoms with Gasteiger partial charge in [-0.2, -0.15) is 0 Å². The number of alkyl halides is 2. The van der Waals surface area contributed by atoms with Crippen molar-refractivity contribution in [1.29, 1.82) is 0 Å². The minimum absolute atomic E-state index is 0.168. The summed E-state index contributed by atoms with van der Waals surface area (Å²) in [5.41, 5.74) is -0.168. The van der Waals surface area contributed by atoms with E-state index in [0.717, 1.165) is 6.20 Å². The van der Waals surface area contributed by atoms with Crippen LogP contribution in [0.1, 0.15) is 12.0 Å². The van der Waals surface area contributed by atoms with Gasteiger partial charge in [-0.05, 0) is 22.0 Å². The van der Waals surface area contributed by atoms with Gasteiger partial charge in [0.2, 0.25) is 0 Å². The van der Waals surface area contributed by atoms with Crippen LogP contribution in [0.2, 0.25) is 5.02 Å². The molecule has 0 amide bonds. The second-order valence-corrected chi connectivity index (χ2v) is 3.00. The molecule has 1 rings (SSSR count). The summed E-state index contributed by atoms with van der Waals surface area (Å²) >= 11 is 8.51. The molecule has 1 aromatic rings. The van der Waals surface area contributed by atoms with Gasteiger partial charge in [-0.25, -0.2) is 13.8 Å². The summed E-state index contributed by atoms with van der Waals surface area (Å²) in [5.74, 6) is 0. The summed E-state index contributed by atoms with van der Waals surface area (Å²) in [7, 11) is 0. The smallest absolute Gasteiger partial charge is 0.247 e. The number of pyridine rings is 1. The third-order valence-electron chi connectivity index (χ3n) is 1.07. The van der Waals surface area contributed by atoms with Gasteiger partial charge < -0.3 is 0 Å². The molecule has 1 heterocycles.